The van der Waals surface area contributed by atoms with Gasteiger partial charge in [0.25, 0.3) is 0 Å². The summed E-state index contributed by atoms with van der Waals surface area (Å²) < 4.78 is 6.10. The van der Waals surface area contributed by atoms with Crippen LogP contribution in [0.5, 0.6) is 5.75 Å². The van der Waals surface area contributed by atoms with Crippen molar-refractivity contribution in [2.45, 2.75) is 6.10 Å². The fourth-order valence-electron chi connectivity index (χ4n) is 3.25. The van der Waals surface area contributed by atoms with Crippen molar-refractivity contribution < 1.29 is 14.3 Å². The summed E-state index contributed by atoms with van der Waals surface area (Å²) in [7, 11) is 0. The highest BCUT2D eigenvalue weighted by atomic mass is 35.5. The van der Waals surface area contributed by atoms with Crippen LogP contribution >= 0.6 is 11.6 Å². The number of ether oxygens (including phenoxy) is 1. The lowest BCUT2D eigenvalue weighted by Gasteiger charge is -2.32. The number of hydrogen-bond donors (Lipinski definition) is 0. The first-order valence-corrected chi connectivity index (χ1v) is 8.67. The highest BCUT2D eigenvalue weighted by Crippen LogP contribution is 2.41. The van der Waals surface area contributed by atoms with Crippen molar-refractivity contribution in [2.75, 3.05) is 0 Å². The molecule has 3 nitrogen and oxygen atoms in total. The molecule has 1 aliphatic rings. The van der Waals surface area contributed by atoms with E-state index in [0.717, 1.165) is 5.56 Å². The SMILES string of the molecule is O=C(c1ccccc1)C1C(=O)c2cc(Cl)ccc2OC1c1ccccc1. The molecule has 0 saturated heterocycles. The van der Waals surface area contributed by atoms with Crippen LogP contribution in [0, 0.1) is 5.92 Å². The number of halogens is 1. The van der Waals surface area contributed by atoms with E-state index in [1.54, 1.807) is 42.5 Å². The van der Waals surface area contributed by atoms with E-state index in [0.29, 0.717) is 21.9 Å². The zero-order valence-electron chi connectivity index (χ0n) is 13.8. The van der Waals surface area contributed by atoms with E-state index >= 15 is 0 Å². The third kappa shape index (κ3) is 2.91. The standard InChI is InChI=1S/C22H15ClO3/c23-16-11-12-18-17(13-16)21(25)19(20(24)14-7-3-1-4-8-14)22(26-18)15-9-5-2-6-10-15/h1-13,19,22H. The molecule has 3 aromatic carbocycles. The minimum Gasteiger partial charge on any atom is -0.484 e. The molecule has 3 aromatic rings. The number of carbonyl (C=O) groups is 2. The van der Waals surface area contributed by atoms with Gasteiger partial charge in [0.2, 0.25) is 0 Å². The second-order valence-electron chi connectivity index (χ2n) is 6.16. The zero-order chi connectivity index (χ0) is 18.1. The van der Waals surface area contributed by atoms with Gasteiger partial charge in [0, 0.05) is 10.6 Å². The van der Waals surface area contributed by atoms with E-state index in [2.05, 4.69) is 0 Å². The van der Waals surface area contributed by atoms with E-state index in [1.165, 1.54) is 0 Å². The Morgan fingerprint density at radius 2 is 1.54 bits per heavy atom. The number of hydrogen-bond acceptors (Lipinski definition) is 3. The average molecular weight is 363 g/mol. The molecule has 0 radical (unpaired) electrons. The Kier molecular flexibility index (Phi) is 4.31. The third-order valence-electron chi connectivity index (χ3n) is 4.52. The summed E-state index contributed by atoms with van der Waals surface area (Å²) in [6.07, 6.45) is -0.676. The van der Waals surface area contributed by atoms with Crippen LogP contribution in [-0.4, -0.2) is 11.6 Å². The Morgan fingerprint density at radius 1 is 0.885 bits per heavy atom. The summed E-state index contributed by atoms with van der Waals surface area (Å²) in [5.74, 6) is -1.03. The minimum absolute atomic E-state index is 0.255. The molecule has 2 atom stereocenters. The van der Waals surface area contributed by atoms with E-state index in [4.69, 9.17) is 16.3 Å². The van der Waals surface area contributed by atoms with Gasteiger partial charge in [-0.15, -0.1) is 0 Å². The molecule has 4 heteroatoms. The largest absolute Gasteiger partial charge is 0.484 e. The number of Topliss-reactive ketones (excluding diaryl/α,β-unsaturated/α-hetero) is 2. The lowest BCUT2D eigenvalue weighted by molar-refractivity contribution is 0.0570. The zero-order valence-corrected chi connectivity index (χ0v) is 14.5. The minimum atomic E-state index is -0.953. The number of fused-ring (bicyclic) bond motifs is 1. The molecule has 2 unspecified atom stereocenters. The molecule has 0 aliphatic carbocycles. The molecule has 0 bridgehead atoms. The Labute approximate surface area is 156 Å². The maximum Gasteiger partial charge on any atom is 0.181 e. The van der Waals surface area contributed by atoms with Crippen molar-refractivity contribution in [3.05, 3.63) is 101 Å². The summed E-state index contributed by atoms with van der Waals surface area (Å²) in [4.78, 5) is 26.4. The normalized spacial score (nSPS) is 18.7. The smallest absolute Gasteiger partial charge is 0.181 e. The van der Waals surface area contributed by atoms with Crippen LogP contribution in [0.25, 0.3) is 0 Å². The summed E-state index contributed by atoms with van der Waals surface area (Å²) in [6.45, 7) is 0. The van der Waals surface area contributed by atoms with Gasteiger partial charge in [0.05, 0.1) is 5.56 Å². The van der Waals surface area contributed by atoms with Gasteiger partial charge >= 0.3 is 0 Å². The summed E-state index contributed by atoms with van der Waals surface area (Å²) in [5, 5.41) is 0.435. The molecule has 0 spiro atoms. The summed E-state index contributed by atoms with van der Waals surface area (Å²) >= 11 is 6.05. The highest BCUT2D eigenvalue weighted by molar-refractivity contribution is 6.31. The van der Waals surface area contributed by atoms with Crippen LogP contribution < -0.4 is 4.74 Å². The van der Waals surface area contributed by atoms with Crippen molar-refractivity contribution in [1.29, 1.82) is 0 Å². The molecular formula is C22H15ClO3. The predicted octanol–water partition coefficient (Wildman–Crippen LogP) is 5.16. The van der Waals surface area contributed by atoms with Crippen LogP contribution in [-0.2, 0) is 0 Å². The first kappa shape index (κ1) is 16.6. The fraction of sp³-hybridized carbons (Fsp3) is 0.0909. The molecule has 0 fully saturated rings. The average Bonchev–Trinajstić information content (AvgIpc) is 2.69. The van der Waals surface area contributed by atoms with E-state index < -0.39 is 12.0 Å². The Bertz CT molecular complexity index is 967. The van der Waals surface area contributed by atoms with Crippen molar-refractivity contribution in [3.8, 4) is 5.75 Å². The third-order valence-corrected chi connectivity index (χ3v) is 4.75. The lowest BCUT2D eigenvalue weighted by Crippen LogP contribution is -2.37. The number of benzene rings is 3. The monoisotopic (exact) mass is 362 g/mol. The second-order valence-corrected chi connectivity index (χ2v) is 6.60. The predicted molar refractivity (Wildman–Crippen MR) is 99.9 cm³/mol. The van der Waals surface area contributed by atoms with Crippen LogP contribution in [0.3, 0.4) is 0 Å². The Balaban J connectivity index is 1.84. The molecule has 0 aromatic heterocycles. The van der Waals surface area contributed by atoms with Gasteiger partial charge < -0.3 is 4.74 Å². The molecule has 0 amide bonds. The van der Waals surface area contributed by atoms with Crippen LogP contribution in [0.1, 0.15) is 32.4 Å². The van der Waals surface area contributed by atoms with Crippen LogP contribution in [0.4, 0.5) is 0 Å². The fourth-order valence-corrected chi connectivity index (χ4v) is 3.42. The molecule has 1 heterocycles. The first-order chi connectivity index (χ1) is 12.6. The maximum atomic E-state index is 13.2. The lowest BCUT2D eigenvalue weighted by atomic mass is 9.81. The summed E-state index contributed by atoms with van der Waals surface area (Å²) in [6, 6.07) is 23.1. The van der Waals surface area contributed by atoms with Gasteiger partial charge in [-0.25, -0.2) is 0 Å². The van der Waals surface area contributed by atoms with Gasteiger partial charge in [0.15, 0.2) is 11.6 Å². The second kappa shape index (κ2) is 6.77. The highest BCUT2D eigenvalue weighted by Gasteiger charge is 2.43. The van der Waals surface area contributed by atoms with Crippen LogP contribution in [0.2, 0.25) is 5.02 Å². The van der Waals surface area contributed by atoms with Gasteiger partial charge in [-0.2, -0.15) is 0 Å². The molecular weight excluding hydrogens is 348 g/mol. The van der Waals surface area contributed by atoms with Gasteiger partial charge in [0.1, 0.15) is 17.8 Å². The molecule has 0 N–H and O–H groups in total. The van der Waals surface area contributed by atoms with Crippen molar-refractivity contribution in [1.82, 2.24) is 0 Å². The van der Waals surface area contributed by atoms with Gasteiger partial charge in [-0.1, -0.05) is 72.3 Å². The molecule has 0 saturated carbocycles. The Hall–Kier alpha value is -2.91. The van der Waals surface area contributed by atoms with Crippen molar-refractivity contribution in [3.63, 3.8) is 0 Å². The molecule has 26 heavy (non-hydrogen) atoms. The summed E-state index contributed by atoms with van der Waals surface area (Å²) in [5.41, 5.74) is 1.62. The molecule has 128 valence electrons. The van der Waals surface area contributed by atoms with Gasteiger partial charge in [-0.3, -0.25) is 9.59 Å². The van der Waals surface area contributed by atoms with Crippen LogP contribution in [0.15, 0.2) is 78.9 Å². The maximum absolute atomic E-state index is 13.2. The number of carbonyl (C=O) groups excluding carboxylic acids is 2. The van der Waals surface area contributed by atoms with Crippen molar-refractivity contribution >= 4 is 23.2 Å². The molecule has 1 aliphatic heterocycles. The Morgan fingerprint density at radius 3 is 2.23 bits per heavy atom. The first-order valence-electron chi connectivity index (χ1n) is 8.30. The molecule has 4 rings (SSSR count). The number of rotatable bonds is 3. The quantitative estimate of drug-likeness (QED) is 0.477. The topological polar surface area (TPSA) is 43.4 Å². The van der Waals surface area contributed by atoms with Gasteiger partial charge in [-0.05, 0) is 23.8 Å². The number of ketones is 2. The van der Waals surface area contributed by atoms with E-state index in [9.17, 15) is 9.59 Å². The van der Waals surface area contributed by atoms with E-state index in [1.807, 2.05) is 36.4 Å². The van der Waals surface area contributed by atoms with Crippen molar-refractivity contribution in [2.24, 2.45) is 5.92 Å². The van der Waals surface area contributed by atoms with E-state index in [-0.39, 0.29) is 11.6 Å².